The molecular formula is C23H26N4O2. The quantitative estimate of drug-likeness (QED) is 0.828. The van der Waals surface area contributed by atoms with Crippen molar-refractivity contribution in [3.8, 4) is 0 Å². The third kappa shape index (κ3) is 3.08. The summed E-state index contributed by atoms with van der Waals surface area (Å²) < 4.78 is 0. The number of piperidine rings is 1. The first-order valence-electron chi connectivity index (χ1n) is 10.4. The standard InChI is InChI=1S/C23H26N4O2/c1-16-14-17-6-2-5-9-20(17)27(16)21(28)15-26-12-10-23(11-13-26)22(29)24-18-7-3-4-8-19(18)25-23/h2-9,16,25H,10-15H2,1H3,(H,24,29). The van der Waals surface area contributed by atoms with E-state index in [4.69, 9.17) is 0 Å². The number of hydrogen-bond donors (Lipinski definition) is 2. The van der Waals surface area contributed by atoms with Crippen LogP contribution in [0.15, 0.2) is 48.5 Å². The number of amides is 2. The molecule has 2 aromatic carbocycles. The van der Waals surface area contributed by atoms with Crippen LogP contribution in [0.4, 0.5) is 17.1 Å². The van der Waals surface area contributed by atoms with Gasteiger partial charge in [-0.2, -0.15) is 0 Å². The molecule has 2 N–H and O–H groups in total. The van der Waals surface area contributed by atoms with Gasteiger partial charge in [0, 0.05) is 24.8 Å². The van der Waals surface area contributed by atoms with E-state index in [0.717, 1.165) is 36.6 Å². The molecule has 5 rings (SSSR count). The van der Waals surface area contributed by atoms with E-state index in [1.165, 1.54) is 5.56 Å². The van der Waals surface area contributed by atoms with Crippen LogP contribution >= 0.6 is 0 Å². The molecule has 1 unspecified atom stereocenters. The first-order valence-corrected chi connectivity index (χ1v) is 10.4. The van der Waals surface area contributed by atoms with E-state index in [0.29, 0.717) is 19.4 Å². The second kappa shape index (κ2) is 6.88. The highest BCUT2D eigenvalue weighted by atomic mass is 16.2. The van der Waals surface area contributed by atoms with Crippen LogP contribution in [0.25, 0.3) is 0 Å². The smallest absolute Gasteiger partial charge is 0.250 e. The van der Waals surface area contributed by atoms with Crippen molar-refractivity contribution in [1.29, 1.82) is 0 Å². The van der Waals surface area contributed by atoms with Gasteiger partial charge in [-0.05, 0) is 49.9 Å². The number of rotatable bonds is 2. The molecule has 29 heavy (non-hydrogen) atoms. The maximum absolute atomic E-state index is 13.1. The number of carbonyl (C=O) groups excluding carboxylic acids is 2. The number of carbonyl (C=O) groups is 2. The molecule has 6 heteroatoms. The molecule has 3 heterocycles. The summed E-state index contributed by atoms with van der Waals surface area (Å²) in [6, 6.07) is 16.2. The molecule has 0 radical (unpaired) electrons. The summed E-state index contributed by atoms with van der Waals surface area (Å²) in [5.74, 6) is 0.175. The van der Waals surface area contributed by atoms with E-state index < -0.39 is 5.54 Å². The minimum Gasteiger partial charge on any atom is -0.369 e. The van der Waals surface area contributed by atoms with E-state index >= 15 is 0 Å². The Balaban J connectivity index is 1.25. The topological polar surface area (TPSA) is 64.7 Å². The fourth-order valence-electron chi connectivity index (χ4n) is 4.92. The first kappa shape index (κ1) is 18.2. The fourth-order valence-corrected chi connectivity index (χ4v) is 4.92. The zero-order valence-corrected chi connectivity index (χ0v) is 16.6. The number of fused-ring (bicyclic) bond motifs is 2. The Labute approximate surface area is 170 Å². The number of hydrogen-bond acceptors (Lipinski definition) is 4. The van der Waals surface area contributed by atoms with Gasteiger partial charge in [-0.3, -0.25) is 14.5 Å². The number of nitrogens with zero attached hydrogens (tertiary/aromatic N) is 2. The Hall–Kier alpha value is -2.86. The summed E-state index contributed by atoms with van der Waals surface area (Å²) >= 11 is 0. The molecule has 0 saturated carbocycles. The molecule has 1 spiro atoms. The molecule has 0 bridgehead atoms. The largest absolute Gasteiger partial charge is 0.369 e. The van der Waals surface area contributed by atoms with Crippen LogP contribution in [0, 0.1) is 0 Å². The van der Waals surface area contributed by atoms with Crippen molar-refractivity contribution >= 4 is 28.9 Å². The Morgan fingerprint density at radius 3 is 2.55 bits per heavy atom. The first-order chi connectivity index (χ1) is 14.1. The number of nitrogens with one attached hydrogen (secondary N) is 2. The summed E-state index contributed by atoms with van der Waals surface area (Å²) in [6.45, 7) is 3.94. The lowest BCUT2D eigenvalue weighted by Crippen LogP contribution is -2.59. The van der Waals surface area contributed by atoms with Gasteiger partial charge in [0.25, 0.3) is 0 Å². The van der Waals surface area contributed by atoms with Crippen molar-refractivity contribution in [2.45, 2.75) is 37.8 Å². The normalized spacial score (nSPS) is 22.6. The van der Waals surface area contributed by atoms with Crippen LogP contribution in [-0.2, 0) is 16.0 Å². The monoisotopic (exact) mass is 390 g/mol. The van der Waals surface area contributed by atoms with Crippen molar-refractivity contribution < 1.29 is 9.59 Å². The Bertz CT molecular complexity index is 965. The molecule has 1 atom stereocenters. The highest BCUT2D eigenvalue weighted by Crippen LogP contribution is 2.36. The summed E-state index contributed by atoms with van der Waals surface area (Å²) in [5.41, 5.74) is 3.51. The van der Waals surface area contributed by atoms with Gasteiger partial charge in [0.2, 0.25) is 11.8 Å². The highest BCUT2D eigenvalue weighted by Gasteiger charge is 2.44. The van der Waals surface area contributed by atoms with E-state index in [9.17, 15) is 9.59 Å². The predicted molar refractivity (Wildman–Crippen MR) is 114 cm³/mol. The lowest BCUT2D eigenvalue weighted by Gasteiger charge is -2.44. The van der Waals surface area contributed by atoms with Gasteiger partial charge in [-0.25, -0.2) is 0 Å². The van der Waals surface area contributed by atoms with Crippen molar-refractivity contribution in [2.75, 3.05) is 35.2 Å². The number of anilines is 3. The maximum atomic E-state index is 13.1. The molecule has 6 nitrogen and oxygen atoms in total. The molecule has 2 aromatic rings. The van der Waals surface area contributed by atoms with Gasteiger partial charge in [0.05, 0.1) is 17.9 Å². The average molecular weight is 390 g/mol. The Morgan fingerprint density at radius 2 is 1.76 bits per heavy atom. The third-order valence-electron chi connectivity index (χ3n) is 6.53. The lowest BCUT2D eigenvalue weighted by molar-refractivity contribution is -0.123. The van der Waals surface area contributed by atoms with E-state index in [2.05, 4.69) is 28.5 Å². The zero-order valence-electron chi connectivity index (χ0n) is 16.6. The summed E-state index contributed by atoms with van der Waals surface area (Å²) in [4.78, 5) is 30.0. The molecule has 150 valence electrons. The Kier molecular flexibility index (Phi) is 4.32. The number of para-hydroxylation sites is 3. The lowest BCUT2D eigenvalue weighted by atomic mass is 9.84. The van der Waals surface area contributed by atoms with Crippen LogP contribution in [0.2, 0.25) is 0 Å². The molecule has 3 aliphatic rings. The van der Waals surface area contributed by atoms with Crippen LogP contribution < -0.4 is 15.5 Å². The number of benzene rings is 2. The zero-order chi connectivity index (χ0) is 20.0. The number of likely N-dealkylation sites (tertiary alicyclic amines) is 1. The molecule has 2 amide bonds. The SMILES string of the molecule is CC1Cc2ccccc2N1C(=O)CN1CCC2(CC1)Nc1ccccc1NC2=O. The van der Waals surface area contributed by atoms with E-state index in [1.807, 2.05) is 47.4 Å². The minimum absolute atomic E-state index is 0.0317. The van der Waals surface area contributed by atoms with E-state index in [-0.39, 0.29) is 17.9 Å². The third-order valence-corrected chi connectivity index (χ3v) is 6.53. The molecule has 1 fully saturated rings. The van der Waals surface area contributed by atoms with Gasteiger partial charge in [-0.1, -0.05) is 30.3 Å². The van der Waals surface area contributed by atoms with Crippen molar-refractivity contribution in [3.63, 3.8) is 0 Å². The second-order valence-electron chi connectivity index (χ2n) is 8.43. The van der Waals surface area contributed by atoms with Gasteiger partial charge in [-0.15, -0.1) is 0 Å². The van der Waals surface area contributed by atoms with Crippen LogP contribution in [0.1, 0.15) is 25.3 Å². The van der Waals surface area contributed by atoms with Crippen molar-refractivity contribution in [1.82, 2.24) is 4.90 Å². The second-order valence-corrected chi connectivity index (χ2v) is 8.43. The minimum atomic E-state index is -0.582. The van der Waals surface area contributed by atoms with Gasteiger partial charge in [0.15, 0.2) is 0 Å². The van der Waals surface area contributed by atoms with Crippen LogP contribution in [0.5, 0.6) is 0 Å². The average Bonchev–Trinajstić information content (AvgIpc) is 3.06. The molecule has 0 aliphatic carbocycles. The van der Waals surface area contributed by atoms with Crippen LogP contribution in [-0.4, -0.2) is 47.9 Å². The van der Waals surface area contributed by atoms with Crippen molar-refractivity contribution in [3.05, 3.63) is 54.1 Å². The van der Waals surface area contributed by atoms with Crippen molar-refractivity contribution in [2.24, 2.45) is 0 Å². The van der Waals surface area contributed by atoms with Crippen LogP contribution in [0.3, 0.4) is 0 Å². The highest BCUT2D eigenvalue weighted by molar-refractivity contribution is 6.06. The Morgan fingerprint density at radius 1 is 1.07 bits per heavy atom. The molecule has 0 aromatic heterocycles. The molecule has 1 saturated heterocycles. The molecular weight excluding hydrogens is 364 g/mol. The van der Waals surface area contributed by atoms with E-state index in [1.54, 1.807) is 0 Å². The predicted octanol–water partition coefficient (Wildman–Crippen LogP) is 2.86. The van der Waals surface area contributed by atoms with Gasteiger partial charge in [0.1, 0.15) is 5.54 Å². The molecule has 3 aliphatic heterocycles. The summed E-state index contributed by atoms with van der Waals surface area (Å²) in [6.07, 6.45) is 2.29. The summed E-state index contributed by atoms with van der Waals surface area (Å²) in [7, 11) is 0. The maximum Gasteiger partial charge on any atom is 0.250 e. The van der Waals surface area contributed by atoms with Gasteiger partial charge >= 0.3 is 0 Å². The fraction of sp³-hybridized carbons (Fsp3) is 0.391. The van der Waals surface area contributed by atoms with Gasteiger partial charge < -0.3 is 15.5 Å². The summed E-state index contributed by atoms with van der Waals surface area (Å²) in [5, 5.41) is 6.52.